The van der Waals surface area contributed by atoms with Crippen LogP contribution >= 0.6 is 0 Å². The molecule has 0 unspecified atom stereocenters. The molecule has 104 valence electrons. The van der Waals surface area contributed by atoms with Crippen LogP contribution in [0.2, 0.25) is 0 Å². The number of nitrogens with zero attached hydrogens (tertiary/aromatic N) is 2. The fourth-order valence-corrected chi connectivity index (χ4v) is 3.14. The van der Waals surface area contributed by atoms with Crippen molar-refractivity contribution < 1.29 is 4.79 Å². The zero-order valence-corrected chi connectivity index (χ0v) is 12.1. The van der Waals surface area contributed by atoms with Crippen molar-refractivity contribution in [2.75, 3.05) is 14.1 Å². The lowest BCUT2D eigenvalue weighted by atomic mass is 9.82. The first-order valence-corrected chi connectivity index (χ1v) is 7.25. The van der Waals surface area contributed by atoms with Gasteiger partial charge < -0.3 is 0 Å². The van der Waals surface area contributed by atoms with Gasteiger partial charge in [0.25, 0.3) is 0 Å². The summed E-state index contributed by atoms with van der Waals surface area (Å²) in [5, 5.41) is 0. The van der Waals surface area contributed by atoms with E-state index in [4.69, 9.17) is 0 Å². The lowest BCUT2D eigenvalue weighted by Gasteiger charge is -2.38. The first-order valence-electron chi connectivity index (χ1n) is 7.25. The highest BCUT2D eigenvalue weighted by molar-refractivity contribution is 5.90. The van der Waals surface area contributed by atoms with E-state index >= 15 is 0 Å². The Morgan fingerprint density at radius 3 is 2.26 bits per heavy atom. The van der Waals surface area contributed by atoms with Gasteiger partial charge in [-0.15, -0.1) is 0 Å². The Morgan fingerprint density at radius 1 is 1.16 bits per heavy atom. The highest BCUT2D eigenvalue weighted by Crippen LogP contribution is 2.32. The third-order valence-electron chi connectivity index (χ3n) is 4.42. The summed E-state index contributed by atoms with van der Waals surface area (Å²) in [6.07, 6.45) is 10.9. The van der Waals surface area contributed by atoms with Crippen molar-refractivity contribution in [2.24, 2.45) is 0 Å². The molecule has 0 atom stereocenters. The van der Waals surface area contributed by atoms with Gasteiger partial charge in [0.05, 0.1) is 5.54 Å². The Labute approximate surface area is 116 Å². The molecule has 0 radical (unpaired) electrons. The number of aromatic nitrogens is 1. The van der Waals surface area contributed by atoms with Gasteiger partial charge in [-0.25, -0.2) is 0 Å². The second-order valence-corrected chi connectivity index (χ2v) is 5.80. The highest BCUT2D eigenvalue weighted by Gasteiger charge is 2.39. The van der Waals surface area contributed by atoms with E-state index in [1.54, 1.807) is 12.4 Å². The minimum atomic E-state index is -0.250. The summed E-state index contributed by atoms with van der Waals surface area (Å²) >= 11 is 0. The number of pyridine rings is 1. The SMILES string of the molecule is CN(C)C1(C(=O)Cc2ccncc2)CCCCCC1. The maximum absolute atomic E-state index is 12.8. The number of hydrogen-bond donors (Lipinski definition) is 0. The molecule has 1 saturated carbocycles. The summed E-state index contributed by atoms with van der Waals surface area (Å²) in [5.41, 5.74) is 0.824. The van der Waals surface area contributed by atoms with Gasteiger partial charge in [0, 0.05) is 18.8 Å². The number of ketones is 1. The molecule has 0 N–H and O–H groups in total. The zero-order valence-electron chi connectivity index (χ0n) is 12.1. The molecule has 0 bridgehead atoms. The number of likely N-dealkylation sites (N-methyl/N-ethyl adjacent to an activating group) is 1. The van der Waals surface area contributed by atoms with Gasteiger partial charge in [-0.2, -0.15) is 0 Å². The van der Waals surface area contributed by atoms with E-state index in [9.17, 15) is 4.79 Å². The van der Waals surface area contributed by atoms with Crippen molar-refractivity contribution in [1.29, 1.82) is 0 Å². The zero-order chi connectivity index (χ0) is 13.7. The molecule has 0 spiro atoms. The maximum atomic E-state index is 12.8. The van der Waals surface area contributed by atoms with Gasteiger partial charge in [-0.3, -0.25) is 14.7 Å². The van der Waals surface area contributed by atoms with Gasteiger partial charge in [-0.1, -0.05) is 25.7 Å². The molecule has 0 aliphatic heterocycles. The molecule has 0 aromatic carbocycles. The summed E-state index contributed by atoms with van der Waals surface area (Å²) in [5.74, 6) is 0.366. The Morgan fingerprint density at radius 2 is 1.74 bits per heavy atom. The second-order valence-electron chi connectivity index (χ2n) is 5.80. The Balaban J connectivity index is 2.16. The molecule has 3 nitrogen and oxygen atoms in total. The standard InChI is InChI=1S/C16H24N2O/c1-18(2)16(9-5-3-4-6-10-16)15(19)13-14-7-11-17-12-8-14/h7-8,11-12H,3-6,9-10,13H2,1-2H3. The smallest absolute Gasteiger partial charge is 0.157 e. The Hall–Kier alpha value is -1.22. The first kappa shape index (κ1) is 14.2. The van der Waals surface area contributed by atoms with E-state index in [1.165, 1.54) is 25.7 Å². The van der Waals surface area contributed by atoms with Crippen LogP contribution < -0.4 is 0 Å². The average molecular weight is 260 g/mol. The molecule has 1 heterocycles. The third kappa shape index (κ3) is 3.21. The number of hydrogen-bond acceptors (Lipinski definition) is 3. The Bertz CT molecular complexity index is 406. The van der Waals surface area contributed by atoms with E-state index in [2.05, 4.69) is 24.0 Å². The summed E-state index contributed by atoms with van der Waals surface area (Å²) in [4.78, 5) is 19.0. The van der Waals surface area contributed by atoms with E-state index in [0.29, 0.717) is 12.2 Å². The number of Topliss-reactive ketones (excluding diaryl/α,β-unsaturated/α-hetero) is 1. The van der Waals surface area contributed by atoms with E-state index in [1.807, 2.05) is 12.1 Å². The quantitative estimate of drug-likeness (QED) is 0.780. The van der Waals surface area contributed by atoms with Crippen molar-refractivity contribution in [3.8, 4) is 0 Å². The highest BCUT2D eigenvalue weighted by atomic mass is 16.1. The molecular formula is C16H24N2O. The summed E-state index contributed by atoms with van der Waals surface area (Å²) < 4.78 is 0. The van der Waals surface area contributed by atoms with E-state index < -0.39 is 0 Å². The largest absolute Gasteiger partial charge is 0.297 e. The molecule has 19 heavy (non-hydrogen) atoms. The molecule has 3 heteroatoms. The molecule has 1 aliphatic rings. The molecule has 1 aromatic heterocycles. The van der Waals surface area contributed by atoms with Crippen LogP contribution in [-0.2, 0) is 11.2 Å². The van der Waals surface area contributed by atoms with E-state index in [-0.39, 0.29) is 5.54 Å². The monoisotopic (exact) mass is 260 g/mol. The third-order valence-corrected chi connectivity index (χ3v) is 4.42. The normalized spacial score (nSPS) is 19.1. The van der Waals surface area contributed by atoms with Crippen molar-refractivity contribution in [3.05, 3.63) is 30.1 Å². The van der Waals surface area contributed by atoms with Gasteiger partial charge >= 0.3 is 0 Å². The predicted molar refractivity (Wildman–Crippen MR) is 77.1 cm³/mol. The predicted octanol–water partition coefficient (Wildman–Crippen LogP) is 2.85. The molecule has 0 amide bonds. The van der Waals surface area contributed by atoms with Crippen LogP contribution in [0.25, 0.3) is 0 Å². The van der Waals surface area contributed by atoms with Crippen LogP contribution in [0.3, 0.4) is 0 Å². The molecular weight excluding hydrogens is 236 g/mol. The van der Waals surface area contributed by atoms with Crippen molar-refractivity contribution >= 4 is 5.78 Å². The van der Waals surface area contributed by atoms with Crippen LogP contribution in [0.4, 0.5) is 0 Å². The van der Waals surface area contributed by atoms with Crippen LogP contribution in [0.5, 0.6) is 0 Å². The Kier molecular flexibility index (Phi) is 4.70. The summed E-state index contributed by atoms with van der Waals surface area (Å²) in [6, 6.07) is 3.88. The number of carbonyl (C=O) groups excluding carboxylic acids is 1. The fraction of sp³-hybridized carbons (Fsp3) is 0.625. The lowest BCUT2D eigenvalue weighted by molar-refractivity contribution is -0.130. The van der Waals surface area contributed by atoms with Crippen LogP contribution in [0.15, 0.2) is 24.5 Å². The summed E-state index contributed by atoms with van der Waals surface area (Å²) in [7, 11) is 4.10. The minimum Gasteiger partial charge on any atom is -0.297 e. The topological polar surface area (TPSA) is 33.2 Å². The minimum absolute atomic E-state index is 0.250. The van der Waals surface area contributed by atoms with Gasteiger partial charge in [-0.05, 0) is 44.6 Å². The second kappa shape index (κ2) is 6.29. The van der Waals surface area contributed by atoms with Crippen LogP contribution in [0.1, 0.15) is 44.1 Å². The van der Waals surface area contributed by atoms with Gasteiger partial charge in [0.1, 0.15) is 0 Å². The van der Waals surface area contributed by atoms with Crippen molar-refractivity contribution in [1.82, 2.24) is 9.88 Å². The number of rotatable bonds is 4. The van der Waals surface area contributed by atoms with E-state index in [0.717, 1.165) is 18.4 Å². The van der Waals surface area contributed by atoms with Crippen molar-refractivity contribution in [3.63, 3.8) is 0 Å². The molecule has 1 fully saturated rings. The van der Waals surface area contributed by atoms with Gasteiger partial charge in [0.15, 0.2) is 5.78 Å². The first-order chi connectivity index (χ1) is 9.15. The summed E-state index contributed by atoms with van der Waals surface area (Å²) in [6.45, 7) is 0. The molecule has 1 aliphatic carbocycles. The van der Waals surface area contributed by atoms with Gasteiger partial charge in [0.2, 0.25) is 0 Å². The average Bonchev–Trinajstić information content (AvgIpc) is 2.66. The lowest BCUT2D eigenvalue weighted by Crippen LogP contribution is -2.51. The van der Waals surface area contributed by atoms with Crippen LogP contribution in [-0.4, -0.2) is 35.3 Å². The van der Waals surface area contributed by atoms with Crippen molar-refractivity contribution in [2.45, 2.75) is 50.5 Å². The number of carbonyl (C=O) groups is 1. The molecule has 2 rings (SSSR count). The van der Waals surface area contributed by atoms with Crippen LogP contribution in [0, 0.1) is 0 Å². The molecule has 1 aromatic rings. The maximum Gasteiger partial charge on any atom is 0.157 e. The molecule has 0 saturated heterocycles. The fourth-order valence-electron chi connectivity index (χ4n) is 3.14.